The number of rotatable bonds is 15. The van der Waals surface area contributed by atoms with Crippen LogP contribution in [0.15, 0.2) is 413 Å². The van der Waals surface area contributed by atoms with E-state index in [2.05, 4.69) is 431 Å². The van der Waals surface area contributed by atoms with Gasteiger partial charge in [0.2, 0.25) is 0 Å². The van der Waals surface area contributed by atoms with Gasteiger partial charge in [0.25, 0.3) is 0 Å². The number of anilines is 6. The molecule has 0 radical (unpaired) electrons. The highest BCUT2D eigenvalue weighted by molar-refractivity contribution is 6.16. The van der Waals surface area contributed by atoms with Crippen LogP contribution in [0.1, 0.15) is 0 Å². The highest BCUT2D eigenvalue weighted by atomic mass is 15.1. The van der Waals surface area contributed by atoms with Crippen molar-refractivity contribution in [3.8, 4) is 89.3 Å². The van der Waals surface area contributed by atoms with E-state index >= 15 is 0 Å². The molecule has 19 rings (SSSR count). The molecule has 488 valence electrons. The van der Waals surface area contributed by atoms with Crippen molar-refractivity contribution in [3.05, 3.63) is 413 Å². The molecule has 0 aliphatic rings. The lowest BCUT2D eigenvalue weighted by atomic mass is 9.93. The van der Waals surface area contributed by atoms with Gasteiger partial charge in [0.05, 0.1) is 22.1 Å². The highest BCUT2D eigenvalue weighted by Crippen LogP contribution is 2.45. The van der Waals surface area contributed by atoms with Gasteiger partial charge in [0, 0.05) is 67.0 Å². The van der Waals surface area contributed by atoms with Gasteiger partial charge in [-0.05, 0) is 216 Å². The van der Waals surface area contributed by atoms with Gasteiger partial charge >= 0.3 is 0 Å². The minimum atomic E-state index is 1.08. The van der Waals surface area contributed by atoms with Crippen molar-refractivity contribution >= 4 is 88.5 Å². The summed E-state index contributed by atoms with van der Waals surface area (Å²) in [6.07, 6.45) is 0. The Hall–Kier alpha value is -13.8. The fourth-order valence-electron chi connectivity index (χ4n) is 15.7. The zero-order chi connectivity index (χ0) is 68.9. The second kappa shape index (κ2) is 26.4. The molecule has 19 aromatic rings. The predicted octanol–water partition coefficient (Wildman–Crippen LogP) is 27.6. The Bertz CT molecular complexity index is 6180. The van der Waals surface area contributed by atoms with Crippen LogP contribution < -0.4 is 9.80 Å². The van der Waals surface area contributed by atoms with Crippen LogP contribution in [-0.2, 0) is 0 Å². The molecule has 2 heterocycles. The van der Waals surface area contributed by atoms with Crippen molar-refractivity contribution in [3.63, 3.8) is 0 Å². The molecule has 2 aromatic heterocycles. The number of para-hydroxylation sites is 3. The fraction of sp³-hybridized carbons (Fsp3) is 0. The standard InChI is InChI=1S/C100H68N4/c1-4-19-69(20-5-1)72-37-52-82(53-38-72)101(83-54-43-75(44-55-83)76-45-60-87(61-46-76)103-96-33-13-10-28-93(96)94-29-11-14-34-97(94)103)84-64-49-78(50-65-84)90-31-17-26-80-67-81(51-66-91(80)90)92-32-18-36-99-100(92)95-30-12-15-35-98(95)104(99)88-62-47-77(48-63-88)79-25-16-27-89(68-79)102(85-56-39-73(40-57-85)70-21-6-2-7-22-70)86-58-41-74(42-59-86)71-23-8-3-9-24-71/h1-68H. The largest absolute Gasteiger partial charge is 0.311 e. The molecule has 0 saturated heterocycles. The lowest BCUT2D eigenvalue weighted by Crippen LogP contribution is -2.10. The van der Waals surface area contributed by atoms with Crippen molar-refractivity contribution in [2.45, 2.75) is 0 Å². The van der Waals surface area contributed by atoms with Gasteiger partial charge in [0.1, 0.15) is 0 Å². The summed E-state index contributed by atoms with van der Waals surface area (Å²) in [4.78, 5) is 4.73. The quantitative estimate of drug-likeness (QED) is 0.102. The molecule has 17 aromatic carbocycles. The molecule has 0 bridgehead atoms. The monoisotopic (exact) mass is 1320 g/mol. The van der Waals surface area contributed by atoms with Gasteiger partial charge in [-0.2, -0.15) is 0 Å². The number of hydrogen-bond donors (Lipinski definition) is 0. The molecule has 0 aliphatic carbocycles. The van der Waals surface area contributed by atoms with Gasteiger partial charge in [-0.25, -0.2) is 0 Å². The van der Waals surface area contributed by atoms with Crippen molar-refractivity contribution in [2.75, 3.05) is 9.80 Å². The first-order valence-corrected chi connectivity index (χ1v) is 35.7. The summed E-state index contributed by atoms with van der Waals surface area (Å²) < 4.78 is 4.80. The lowest BCUT2D eigenvalue weighted by molar-refractivity contribution is 1.18. The summed E-state index contributed by atoms with van der Waals surface area (Å²) in [5.41, 5.74) is 30.0. The van der Waals surface area contributed by atoms with Crippen LogP contribution in [0.2, 0.25) is 0 Å². The van der Waals surface area contributed by atoms with E-state index < -0.39 is 0 Å². The molecule has 0 N–H and O–H groups in total. The number of benzene rings is 17. The van der Waals surface area contributed by atoms with Crippen LogP contribution in [-0.4, -0.2) is 9.13 Å². The first kappa shape index (κ1) is 61.3. The van der Waals surface area contributed by atoms with Crippen molar-refractivity contribution in [1.82, 2.24) is 9.13 Å². The van der Waals surface area contributed by atoms with Gasteiger partial charge in [-0.3, -0.25) is 0 Å². The maximum Gasteiger partial charge on any atom is 0.0547 e. The van der Waals surface area contributed by atoms with Crippen molar-refractivity contribution < 1.29 is 0 Å². The summed E-state index contributed by atoms with van der Waals surface area (Å²) in [5, 5.41) is 7.38. The molecule has 0 amide bonds. The number of aromatic nitrogens is 2. The van der Waals surface area contributed by atoms with Crippen LogP contribution in [0.5, 0.6) is 0 Å². The summed E-state index contributed by atoms with van der Waals surface area (Å²) in [5.74, 6) is 0. The van der Waals surface area contributed by atoms with Crippen LogP contribution in [0, 0.1) is 0 Å². The molecule has 0 spiro atoms. The topological polar surface area (TPSA) is 16.3 Å². The van der Waals surface area contributed by atoms with E-state index in [4.69, 9.17) is 0 Å². The average molecular weight is 1330 g/mol. The maximum absolute atomic E-state index is 2.43. The maximum atomic E-state index is 2.43. The second-order valence-electron chi connectivity index (χ2n) is 26.8. The summed E-state index contributed by atoms with van der Waals surface area (Å²) in [6, 6.07) is 150. The van der Waals surface area contributed by atoms with Crippen LogP contribution >= 0.6 is 0 Å². The zero-order valence-corrected chi connectivity index (χ0v) is 57.0. The Morgan fingerprint density at radius 3 is 0.952 bits per heavy atom. The third kappa shape index (κ3) is 11.2. The van der Waals surface area contributed by atoms with E-state index in [0.717, 1.165) is 67.8 Å². The average Bonchev–Trinajstić information content (AvgIpc) is 1.57. The predicted molar refractivity (Wildman–Crippen MR) is 440 cm³/mol. The summed E-state index contributed by atoms with van der Waals surface area (Å²) >= 11 is 0. The van der Waals surface area contributed by atoms with E-state index in [1.54, 1.807) is 0 Å². The Morgan fingerprint density at radius 2 is 0.481 bits per heavy atom. The lowest BCUT2D eigenvalue weighted by Gasteiger charge is -2.26. The van der Waals surface area contributed by atoms with E-state index in [1.807, 2.05) is 0 Å². The van der Waals surface area contributed by atoms with Crippen molar-refractivity contribution in [1.29, 1.82) is 0 Å². The highest BCUT2D eigenvalue weighted by Gasteiger charge is 2.21. The SMILES string of the molecule is c1ccc(-c2ccc(N(c3ccc(-c4ccc(-n5c6ccccc6c6ccccc65)cc4)cc3)c3ccc(-c4cccc5cc(-c6cccc7c6c6ccccc6n7-c6ccc(-c7cccc(N(c8ccc(-c9ccccc9)cc8)c8ccc(-c9ccccc9)cc8)c7)cc6)ccc45)cc3)cc2)cc1. The summed E-state index contributed by atoms with van der Waals surface area (Å²) in [7, 11) is 0. The molecule has 4 nitrogen and oxygen atoms in total. The molecule has 0 saturated carbocycles. The first-order chi connectivity index (χ1) is 51.6. The second-order valence-corrected chi connectivity index (χ2v) is 26.8. The number of nitrogens with zero attached hydrogens (tertiary/aromatic N) is 4. The van der Waals surface area contributed by atoms with Gasteiger partial charge < -0.3 is 18.9 Å². The van der Waals surface area contributed by atoms with E-state index in [-0.39, 0.29) is 0 Å². The normalized spacial score (nSPS) is 11.5. The van der Waals surface area contributed by atoms with Gasteiger partial charge in [-0.15, -0.1) is 0 Å². The molecule has 0 atom stereocenters. The third-order valence-corrected chi connectivity index (χ3v) is 20.8. The zero-order valence-electron chi connectivity index (χ0n) is 57.0. The van der Waals surface area contributed by atoms with E-state index in [9.17, 15) is 0 Å². The minimum Gasteiger partial charge on any atom is -0.311 e. The molecular weight excluding hydrogens is 1260 g/mol. The molecular formula is C100H68N4. The Kier molecular flexibility index (Phi) is 15.5. The van der Waals surface area contributed by atoms with Gasteiger partial charge in [-0.1, -0.05) is 285 Å². The summed E-state index contributed by atoms with van der Waals surface area (Å²) in [6.45, 7) is 0. The Labute approximate surface area is 605 Å². The van der Waals surface area contributed by atoms with Gasteiger partial charge in [0.15, 0.2) is 0 Å². The van der Waals surface area contributed by atoms with Crippen LogP contribution in [0.4, 0.5) is 34.1 Å². The number of hydrogen-bond acceptors (Lipinski definition) is 2. The smallest absolute Gasteiger partial charge is 0.0547 e. The Balaban J connectivity index is 0.616. The molecule has 0 aliphatic heterocycles. The van der Waals surface area contributed by atoms with Crippen LogP contribution in [0.3, 0.4) is 0 Å². The minimum absolute atomic E-state index is 1.08. The third-order valence-electron chi connectivity index (χ3n) is 20.8. The molecule has 4 heteroatoms. The van der Waals surface area contributed by atoms with E-state index in [1.165, 1.54) is 110 Å². The van der Waals surface area contributed by atoms with Crippen molar-refractivity contribution in [2.24, 2.45) is 0 Å². The van der Waals surface area contributed by atoms with Crippen LogP contribution in [0.25, 0.3) is 144 Å². The number of fused-ring (bicyclic) bond motifs is 7. The molecule has 0 unspecified atom stereocenters. The molecule has 104 heavy (non-hydrogen) atoms. The Morgan fingerprint density at radius 1 is 0.163 bits per heavy atom. The first-order valence-electron chi connectivity index (χ1n) is 35.7. The molecule has 0 fully saturated rings. The fourth-order valence-corrected chi connectivity index (χ4v) is 15.7. The van der Waals surface area contributed by atoms with E-state index in [0.29, 0.717) is 0 Å².